The Morgan fingerprint density at radius 3 is 2.54 bits per heavy atom. The van der Waals surface area contributed by atoms with Crippen molar-refractivity contribution in [3.05, 3.63) is 73.1 Å². The van der Waals surface area contributed by atoms with Crippen molar-refractivity contribution >= 4 is 22.8 Å². The van der Waals surface area contributed by atoms with Crippen LogP contribution in [0.2, 0.25) is 0 Å². The van der Waals surface area contributed by atoms with Gasteiger partial charge in [0.25, 0.3) is 0 Å². The van der Waals surface area contributed by atoms with E-state index < -0.39 is 0 Å². The van der Waals surface area contributed by atoms with Crippen molar-refractivity contribution in [1.29, 1.82) is 0 Å². The summed E-state index contributed by atoms with van der Waals surface area (Å²) in [6, 6.07) is 12.0. The summed E-state index contributed by atoms with van der Waals surface area (Å²) in [5.74, 6) is 1.96. The van der Waals surface area contributed by atoms with Gasteiger partial charge >= 0.3 is 0 Å². The molecule has 0 aromatic carbocycles. The fourth-order valence-electron chi connectivity index (χ4n) is 3.87. The lowest BCUT2D eigenvalue weighted by Gasteiger charge is -2.12. The van der Waals surface area contributed by atoms with E-state index in [9.17, 15) is 0 Å². The number of aliphatic hydroxyl groups excluding tert-OH is 1. The Hall–Kier alpha value is -4.44. The first kappa shape index (κ1) is 24.3. The van der Waals surface area contributed by atoms with Gasteiger partial charge < -0.3 is 20.3 Å². The highest BCUT2D eigenvalue weighted by Gasteiger charge is 2.16. The maximum atomic E-state index is 8.97. The van der Waals surface area contributed by atoms with E-state index in [0.29, 0.717) is 36.7 Å². The molecule has 0 amide bonds. The quantitative estimate of drug-likeness (QED) is 0.243. The van der Waals surface area contributed by atoms with E-state index in [1.54, 1.807) is 24.9 Å². The first-order valence-electron chi connectivity index (χ1n) is 12.3. The smallest absolute Gasteiger partial charge is 0.166 e. The average molecular weight is 496 g/mol. The third kappa shape index (κ3) is 5.54. The third-order valence-electron chi connectivity index (χ3n) is 5.88. The van der Waals surface area contributed by atoms with Crippen LogP contribution in [0.15, 0.2) is 67.5 Å². The van der Waals surface area contributed by atoms with Crippen molar-refractivity contribution in [3.63, 3.8) is 0 Å². The van der Waals surface area contributed by atoms with Crippen LogP contribution in [0.5, 0.6) is 0 Å². The zero-order chi connectivity index (χ0) is 25.6. The second-order valence-corrected chi connectivity index (χ2v) is 8.90. The predicted molar refractivity (Wildman–Crippen MR) is 144 cm³/mol. The highest BCUT2D eigenvalue weighted by atomic mass is 16.3. The lowest BCUT2D eigenvalue weighted by Crippen LogP contribution is -2.07. The number of nitrogens with one attached hydrogen (secondary N) is 2. The zero-order valence-corrected chi connectivity index (χ0v) is 20.8. The molecule has 0 saturated carbocycles. The first-order chi connectivity index (χ1) is 18.1. The summed E-state index contributed by atoms with van der Waals surface area (Å²) in [6.07, 6.45) is 9.63. The van der Waals surface area contributed by atoms with Crippen molar-refractivity contribution in [2.24, 2.45) is 0 Å². The van der Waals surface area contributed by atoms with Gasteiger partial charge in [-0.1, -0.05) is 6.07 Å². The number of aliphatic hydroxyl groups is 1. The van der Waals surface area contributed by atoms with Gasteiger partial charge in [-0.25, -0.2) is 19.9 Å². The number of hydrogen-bond donors (Lipinski definition) is 3. The molecule has 0 saturated heterocycles. The van der Waals surface area contributed by atoms with Gasteiger partial charge in [0.2, 0.25) is 0 Å². The SMILES string of the molecule is CC(C)n1cnc2c(NCc3ccc(-c4cccnc4)nc3)nc(-c3ccc(NCCCO)nc3)nc21. The first-order valence-corrected chi connectivity index (χ1v) is 12.3. The Morgan fingerprint density at radius 2 is 1.84 bits per heavy atom. The lowest BCUT2D eigenvalue weighted by atomic mass is 10.1. The Balaban J connectivity index is 1.41. The molecule has 5 rings (SSSR count). The molecule has 5 aromatic rings. The van der Waals surface area contributed by atoms with Gasteiger partial charge in [0, 0.05) is 61.7 Å². The fraction of sp³-hybridized carbons (Fsp3) is 0.259. The number of pyridine rings is 3. The van der Waals surface area contributed by atoms with Crippen LogP contribution < -0.4 is 10.6 Å². The zero-order valence-electron chi connectivity index (χ0n) is 20.8. The average Bonchev–Trinajstić information content (AvgIpc) is 3.38. The Kier molecular flexibility index (Phi) is 7.27. The number of nitrogens with zero attached hydrogens (tertiary/aromatic N) is 7. The van der Waals surface area contributed by atoms with E-state index in [0.717, 1.165) is 33.8 Å². The molecule has 188 valence electrons. The minimum absolute atomic E-state index is 0.142. The minimum atomic E-state index is 0.142. The van der Waals surface area contributed by atoms with Gasteiger partial charge in [0.05, 0.1) is 12.0 Å². The van der Waals surface area contributed by atoms with Crippen LogP contribution >= 0.6 is 0 Å². The molecule has 0 aliphatic rings. The summed E-state index contributed by atoms with van der Waals surface area (Å²) in [5, 5.41) is 15.6. The van der Waals surface area contributed by atoms with Crippen LogP contribution in [0.4, 0.5) is 11.6 Å². The van der Waals surface area contributed by atoms with Crippen LogP contribution in [-0.4, -0.2) is 52.7 Å². The molecular weight excluding hydrogens is 466 g/mol. The molecule has 0 radical (unpaired) electrons. The van der Waals surface area contributed by atoms with Crippen LogP contribution in [0, 0.1) is 0 Å². The largest absolute Gasteiger partial charge is 0.396 e. The summed E-state index contributed by atoms with van der Waals surface area (Å²) in [6.45, 7) is 5.53. The maximum absolute atomic E-state index is 8.97. The van der Waals surface area contributed by atoms with Gasteiger partial charge in [-0.2, -0.15) is 0 Å². The van der Waals surface area contributed by atoms with Crippen molar-refractivity contribution in [3.8, 4) is 22.6 Å². The molecule has 0 spiro atoms. The number of rotatable bonds is 10. The molecule has 0 unspecified atom stereocenters. The Bertz CT molecular complexity index is 1450. The van der Waals surface area contributed by atoms with Gasteiger partial charge in [-0.3, -0.25) is 9.97 Å². The summed E-state index contributed by atoms with van der Waals surface area (Å²) in [4.78, 5) is 27.5. The van der Waals surface area contributed by atoms with Crippen LogP contribution in [-0.2, 0) is 6.54 Å². The monoisotopic (exact) mass is 495 g/mol. The summed E-state index contributed by atoms with van der Waals surface area (Å²) in [7, 11) is 0. The molecule has 0 aliphatic carbocycles. The van der Waals surface area contributed by atoms with Crippen molar-refractivity contribution in [2.45, 2.75) is 32.9 Å². The van der Waals surface area contributed by atoms with E-state index in [1.165, 1.54) is 0 Å². The third-order valence-corrected chi connectivity index (χ3v) is 5.88. The topological polar surface area (TPSA) is 127 Å². The van der Waals surface area contributed by atoms with Gasteiger partial charge in [0.1, 0.15) is 11.3 Å². The molecule has 0 aliphatic heterocycles. The number of fused-ring (bicyclic) bond motifs is 1. The summed E-state index contributed by atoms with van der Waals surface area (Å²) in [5.41, 5.74) is 5.15. The summed E-state index contributed by atoms with van der Waals surface area (Å²) >= 11 is 0. The van der Waals surface area contributed by atoms with Crippen molar-refractivity contribution < 1.29 is 5.11 Å². The fourth-order valence-corrected chi connectivity index (χ4v) is 3.87. The Morgan fingerprint density at radius 1 is 0.919 bits per heavy atom. The number of aromatic nitrogens is 7. The molecule has 0 atom stereocenters. The van der Waals surface area contributed by atoms with Crippen molar-refractivity contribution in [2.75, 3.05) is 23.8 Å². The van der Waals surface area contributed by atoms with E-state index in [1.807, 2.05) is 47.2 Å². The second-order valence-electron chi connectivity index (χ2n) is 8.90. The van der Waals surface area contributed by atoms with Crippen LogP contribution in [0.3, 0.4) is 0 Å². The molecule has 10 heteroatoms. The van der Waals surface area contributed by atoms with Gasteiger partial charge in [0.15, 0.2) is 17.3 Å². The summed E-state index contributed by atoms with van der Waals surface area (Å²) < 4.78 is 2.04. The molecule has 10 nitrogen and oxygen atoms in total. The number of hydrogen-bond acceptors (Lipinski definition) is 9. The standard InChI is InChI=1S/C27H29N9O/c1-18(2)36-17-33-24-26(32-14-19-6-8-22(30-13-19)20-5-3-10-28-15-20)34-25(35-27(24)36)21-7-9-23(31-16-21)29-11-4-12-37/h3,5-10,13,15-18,37H,4,11-12,14H2,1-2H3,(H,29,31)(H,32,34,35). The molecule has 0 fully saturated rings. The van der Waals surface area contributed by atoms with E-state index >= 15 is 0 Å². The van der Waals surface area contributed by atoms with Gasteiger partial charge in [-0.15, -0.1) is 0 Å². The second kappa shape index (κ2) is 11.1. The van der Waals surface area contributed by atoms with Crippen molar-refractivity contribution in [1.82, 2.24) is 34.5 Å². The molecule has 5 heterocycles. The van der Waals surface area contributed by atoms with E-state index in [2.05, 4.69) is 44.4 Å². The lowest BCUT2D eigenvalue weighted by molar-refractivity contribution is 0.292. The molecule has 0 bridgehead atoms. The molecule has 37 heavy (non-hydrogen) atoms. The molecule has 3 N–H and O–H groups in total. The Labute approximate surface area is 214 Å². The minimum Gasteiger partial charge on any atom is -0.396 e. The maximum Gasteiger partial charge on any atom is 0.166 e. The van der Waals surface area contributed by atoms with E-state index in [-0.39, 0.29) is 12.6 Å². The van der Waals surface area contributed by atoms with Crippen LogP contribution in [0.25, 0.3) is 33.8 Å². The molecular formula is C27H29N9O. The molecule has 5 aromatic heterocycles. The highest BCUT2D eigenvalue weighted by molar-refractivity contribution is 5.85. The van der Waals surface area contributed by atoms with Gasteiger partial charge in [-0.05, 0) is 56.2 Å². The highest BCUT2D eigenvalue weighted by Crippen LogP contribution is 2.26. The van der Waals surface area contributed by atoms with E-state index in [4.69, 9.17) is 15.1 Å². The number of anilines is 2. The normalized spacial score (nSPS) is 11.2. The predicted octanol–water partition coefficient (Wildman–Crippen LogP) is 4.33. The number of imidazole rings is 1. The van der Waals surface area contributed by atoms with Crippen LogP contribution in [0.1, 0.15) is 31.9 Å².